The van der Waals surface area contributed by atoms with Gasteiger partial charge in [0.15, 0.2) is 11.5 Å². The van der Waals surface area contributed by atoms with Gasteiger partial charge >= 0.3 is 5.97 Å². The van der Waals surface area contributed by atoms with E-state index in [-0.39, 0.29) is 12.0 Å². The minimum absolute atomic E-state index is 0.0417. The van der Waals surface area contributed by atoms with Crippen LogP contribution in [-0.4, -0.2) is 38.4 Å². The Kier molecular flexibility index (Phi) is 5.44. The van der Waals surface area contributed by atoms with Crippen molar-refractivity contribution < 1.29 is 19.0 Å². The van der Waals surface area contributed by atoms with Gasteiger partial charge in [0.2, 0.25) is 0 Å². The Labute approximate surface area is 125 Å². The first-order valence-electron chi connectivity index (χ1n) is 7.30. The van der Waals surface area contributed by atoms with Gasteiger partial charge in [0, 0.05) is 12.1 Å². The molecular formula is C16H23NO4. The smallest absolute Gasteiger partial charge is 0.307 e. The lowest BCUT2D eigenvalue weighted by molar-refractivity contribution is -0.141. The number of esters is 1. The fourth-order valence-corrected chi connectivity index (χ4v) is 2.45. The molecule has 0 amide bonds. The Morgan fingerprint density at radius 3 is 2.67 bits per heavy atom. The van der Waals surface area contributed by atoms with E-state index in [4.69, 9.17) is 14.2 Å². The third-order valence-corrected chi connectivity index (χ3v) is 3.30. The molecule has 0 fully saturated rings. The van der Waals surface area contributed by atoms with Crippen molar-refractivity contribution in [1.82, 2.24) is 5.32 Å². The summed E-state index contributed by atoms with van der Waals surface area (Å²) in [6.45, 7) is 5.29. The molecule has 1 aliphatic rings. The molecule has 116 valence electrons. The molecule has 1 heterocycles. The second-order valence-corrected chi connectivity index (χ2v) is 5.48. The van der Waals surface area contributed by atoms with Crippen LogP contribution in [0.4, 0.5) is 0 Å². The van der Waals surface area contributed by atoms with E-state index < -0.39 is 0 Å². The lowest BCUT2D eigenvalue weighted by Crippen LogP contribution is -2.38. The van der Waals surface area contributed by atoms with Crippen LogP contribution in [0.3, 0.4) is 0 Å². The third kappa shape index (κ3) is 4.63. The molecule has 0 saturated heterocycles. The number of ether oxygens (including phenoxy) is 3. The summed E-state index contributed by atoms with van der Waals surface area (Å²) in [5.74, 6) is 1.36. The summed E-state index contributed by atoms with van der Waals surface area (Å²) in [4.78, 5) is 11.5. The van der Waals surface area contributed by atoms with E-state index in [9.17, 15) is 4.79 Å². The molecule has 1 aliphatic heterocycles. The maximum Gasteiger partial charge on any atom is 0.307 e. The molecule has 0 spiro atoms. The number of carbonyl (C=O) groups is 1. The third-order valence-electron chi connectivity index (χ3n) is 3.30. The van der Waals surface area contributed by atoms with Crippen molar-refractivity contribution in [3.8, 4) is 11.5 Å². The van der Waals surface area contributed by atoms with E-state index in [1.54, 1.807) is 0 Å². The molecule has 1 atom stereocenters. The summed E-state index contributed by atoms with van der Waals surface area (Å²) in [6.07, 6.45) is 1.09. The second kappa shape index (κ2) is 7.31. The molecule has 1 aromatic rings. The minimum Gasteiger partial charge on any atom is -0.486 e. The quantitative estimate of drug-likeness (QED) is 0.812. The Balaban J connectivity index is 2.06. The molecule has 1 aromatic carbocycles. The van der Waals surface area contributed by atoms with Gasteiger partial charge in [0.25, 0.3) is 0 Å². The Bertz CT molecular complexity index is 487. The molecule has 21 heavy (non-hydrogen) atoms. The maximum absolute atomic E-state index is 11.5. The Morgan fingerprint density at radius 2 is 2.00 bits per heavy atom. The van der Waals surface area contributed by atoms with Crippen LogP contribution in [0.5, 0.6) is 11.5 Å². The van der Waals surface area contributed by atoms with Gasteiger partial charge in [0.1, 0.15) is 13.2 Å². The molecule has 1 unspecified atom stereocenters. The van der Waals surface area contributed by atoms with E-state index in [1.165, 1.54) is 7.11 Å². The summed E-state index contributed by atoms with van der Waals surface area (Å²) >= 11 is 0. The molecule has 0 radical (unpaired) electrons. The van der Waals surface area contributed by atoms with Crippen LogP contribution >= 0.6 is 0 Å². The molecule has 5 heteroatoms. The van der Waals surface area contributed by atoms with E-state index in [2.05, 4.69) is 19.2 Å². The van der Waals surface area contributed by atoms with Gasteiger partial charge in [-0.1, -0.05) is 19.9 Å². The van der Waals surface area contributed by atoms with Crippen LogP contribution in [0.1, 0.15) is 25.8 Å². The molecule has 0 saturated carbocycles. The van der Waals surface area contributed by atoms with Gasteiger partial charge in [-0.25, -0.2) is 0 Å². The minimum atomic E-state index is -0.203. The van der Waals surface area contributed by atoms with Crippen molar-refractivity contribution in [3.05, 3.63) is 23.8 Å². The number of fused-ring (bicyclic) bond motifs is 1. The number of rotatable bonds is 6. The summed E-state index contributed by atoms with van der Waals surface area (Å²) in [7, 11) is 1.42. The van der Waals surface area contributed by atoms with E-state index >= 15 is 0 Å². The van der Waals surface area contributed by atoms with Crippen LogP contribution in [0.2, 0.25) is 0 Å². The van der Waals surface area contributed by atoms with E-state index in [0.29, 0.717) is 25.7 Å². The highest BCUT2D eigenvalue weighted by molar-refractivity contribution is 5.70. The number of nitrogens with one attached hydrogen (secondary N) is 1. The molecule has 2 rings (SSSR count). The molecule has 1 N–H and O–H groups in total. The Morgan fingerprint density at radius 1 is 1.29 bits per heavy atom. The summed E-state index contributed by atoms with van der Waals surface area (Å²) in [6, 6.07) is 6.27. The largest absolute Gasteiger partial charge is 0.486 e. The molecule has 0 bridgehead atoms. The van der Waals surface area contributed by atoms with Crippen molar-refractivity contribution in [2.75, 3.05) is 20.3 Å². The first-order chi connectivity index (χ1) is 10.1. The molecule has 0 aliphatic carbocycles. The monoisotopic (exact) mass is 293 g/mol. The van der Waals surface area contributed by atoms with Gasteiger partial charge in [-0.3, -0.25) is 4.79 Å². The van der Waals surface area contributed by atoms with Crippen LogP contribution in [0.25, 0.3) is 0 Å². The fourth-order valence-electron chi connectivity index (χ4n) is 2.45. The lowest BCUT2D eigenvalue weighted by atomic mass is 10.0. The van der Waals surface area contributed by atoms with Gasteiger partial charge in [0.05, 0.1) is 13.5 Å². The molecule has 5 nitrogen and oxygen atoms in total. The highest BCUT2D eigenvalue weighted by Crippen LogP contribution is 2.31. The van der Waals surface area contributed by atoms with Crippen LogP contribution in [0.15, 0.2) is 18.2 Å². The van der Waals surface area contributed by atoms with Crippen molar-refractivity contribution in [3.63, 3.8) is 0 Å². The van der Waals surface area contributed by atoms with Gasteiger partial charge in [-0.15, -0.1) is 0 Å². The standard InChI is InChI=1S/C16H23NO4/c1-11(2)17-13(10-16(18)19-3)8-12-4-5-14-15(9-12)21-7-6-20-14/h4-5,9,11,13,17H,6-8,10H2,1-3H3. The Hall–Kier alpha value is -1.75. The first kappa shape index (κ1) is 15.6. The SMILES string of the molecule is COC(=O)CC(Cc1ccc2c(c1)OCCO2)NC(C)C. The van der Waals surface area contributed by atoms with Gasteiger partial charge < -0.3 is 19.5 Å². The maximum atomic E-state index is 11.5. The van der Waals surface area contributed by atoms with Crippen LogP contribution < -0.4 is 14.8 Å². The zero-order valence-corrected chi connectivity index (χ0v) is 12.8. The summed E-state index contributed by atoms with van der Waals surface area (Å²) in [5.41, 5.74) is 1.11. The first-order valence-corrected chi connectivity index (χ1v) is 7.30. The second-order valence-electron chi connectivity index (χ2n) is 5.48. The highest BCUT2D eigenvalue weighted by atomic mass is 16.6. The van der Waals surface area contributed by atoms with Gasteiger partial charge in [-0.05, 0) is 24.1 Å². The summed E-state index contributed by atoms with van der Waals surface area (Å²) < 4.78 is 15.9. The number of carbonyl (C=O) groups excluding carboxylic acids is 1. The van der Waals surface area contributed by atoms with Crippen molar-refractivity contribution in [2.45, 2.75) is 38.8 Å². The number of methoxy groups -OCH3 is 1. The number of benzene rings is 1. The lowest BCUT2D eigenvalue weighted by Gasteiger charge is -2.22. The molecular weight excluding hydrogens is 270 g/mol. The van der Waals surface area contributed by atoms with E-state index in [0.717, 1.165) is 23.5 Å². The molecule has 0 aromatic heterocycles. The zero-order valence-electron chi connectivity index (χ0n) is 12.8. The summed E-state index contributed by atoms with van der Waals surface area (Å²) in [5, 5.41) is 3.40. The zero-order chi connectivity index (χ0) is 15.2. The number of hydrogen-bond donors (Lipinski definition) is 1. The fraction of sp³-hybridized carbons (Fsp3) is 0.562. The van der Waals surface area contributed by atoms with Crippen LogP contribution in [-0.2, 0) is 16.0 Å². The van der Waals surface area contributed by atoms with Crippen molar-refractivity contribution in [2.24, 2.45) is 0 Å². The number of hydrogen-bond acceptors (Lipinski definition) is 5. The normalized spacial score (nSPS) is 14.9. The topological polar surface area (TPSA) is 56.8 Å². The average molecular weight is 293 g/mol. The predicted octanol–water partition coefficient (Wildman–Crippen LogP) is 1.93. The highest BCUT2D eigenvalue weighted by Gasteiger charge is 2.18. The van der Waals surface area contributed by atoms with Gasteiger partial charge in [-0.2, -0.15) is 0 Å². The van der Waals surface area contributed by atoms with Crippen LogP contribution in [0, 0.1) is 0 Å². The van der Waals surface area contributed by atoms with Crippen molar-refractivity contribution in [1.29, 1.82) is 0 Å². The van der Waals surface area contributed by atoms with Crippen molar-refractivity contribution >= 4 is 5.97 Å². The predicted molar refractivity (Wildman–Crippen MR) is 79.8 cm³/mol. The average Bonchev–Trinajstić information content (AvgIpc) is 2.46. The van der Waals surface area contributed by atoms with E-state index in [1.807, 2.05) is 18.2 Å².